The lowest BCUT2D eigenvalue weighted by molar-refractivity contribution is 0.0832. The molecule has 2 heterocycles. The number of carbonyl (C=O) groups is 1. The van der Waals surface area contributed by atoms with Crippen LogP contribution in [0.25, 0.3) is 0 Å². The number of urea groups is 1. The highest BCUT2D eigenvalue weighted by atomic mass is 16.5. The van der Waals surface area contributed by atoms with Crippen LogP contribution in [-0.4, -0.2) is 45.2 Å². The van der Waals surface area contributed by atoms with Gasteiger partial charge in [-0.1, -0.05) is 5.21 Å². The first-order valence-corrected chi connectivity index (χ1v) is 8.77. The highest BCUT2D eigenvalue weighted by Gasteiger charge is 2.33. The minimum Gasteiger partial charge on any atom is -0.497 e. The van der Waals surface area contributed by atoms with Gasteiger partial charge in [0.15, 0.2) is 5.82 Å². The van der Waals surface area contributed by atoms with E-state index in [0.29, 0.717) is 24.9 Å². The summed E-state index contributed by atoms with van der Waals surface area (Å²) in [6, 6.07) is 5.85. The quantitative estimate of drug-likeness (QED) is 0.913. The molecule has 1 saturated carbocycles. The van der Waals surface area contributed by atoms with Gasteiger partial charge in [-0.15, -0.1) is 5.10 Å². The first-order valence-electron chi connectivity index (χ1n) is 8.77. The molecule has 0 saturated heterocycles. The molecule has 0 radical (unpaired) electrons. The maximum atomic E-state index is 12.9. The summed E-state index contributed by atoms with van der Waals surface area (Å²) in [4.78, 5) is 14.7. The number of ether oxygens (including phenoxy) is 2. The lowest BCUT2D eigenvalue weighted by Gasteiger charge is -2.29. The summed E-state index contributed by atoms with van der Waals surface area (Å²) >= 11 is 0. The summed E-state index contributed by atoms with van der Waals surface area (Å²) in [5.41, 5.74) is 0.421. The van der Waals surface area contributed by atoms with E-state index < -0.39 is 5.60 Å². The van der Waals surface area contributed by atoms with Gasteiger partial charge in [-0.05, 0) is 38.8 Å². The molecule has 1 aromatic carbocycles. The van der Waals surface area contributed by atoms with Gasteiger partial charge in [-0.3, -0.25) is 5.32 Å². The monoisotopic (exact) mass is 357 g/mol. The highest BCUT2D eigenvalue weighted by Crippen LogP contribution is 2.36. The number of nitrogens with one attached hydrogen (secondary N) is 1. The number of benzene rings is 1. The summed E-state index contributed by atoms with van der Waals surface area (Å²) in [6.45, 7) is 4.86. The second-order valence-corrected chi connectivity index (χ2v) is 7.42. The van der Waals surface area contributed by atoms with Crippen LogP contribution in [0.1, 0.15) is 38.3 Å². The first kappa shape index (κ1) is 16.7. The number of anilines is 1. The smallest absolute Gasteiger partial charge is 0.323 e. The zero-order valence-corrected chi connectivity index (χ0v) is 15.2. The highest BCUT2D eigenvalue weighted by molar-refractivity contribution is 5.88. The fourth-order valence-electron chi connectivity index (χ4n) is 3.19. The van der Waals surface area contributed by atoms with Crippen LogP contribution in [0.15, 0.2) is 24.4 Å². The van der Waals surface area contributed by atoms with Gasteiger partial charge in [0.05, 0.1) is 32.4 Å². The van der Waals surface area contributed by atoms with Crippen molar-refractivity contribution in [3.63, 3.8) is 0 Å². The molecule has 4 rings (SSSR count). The number of aromatic nitrogens is 3. The van der Waals surface area contributed by atoms with Gasteiger partial charge < -0.3 is 14.4 Å². The minimum atomic E-state index is -0.524. The van der Waals surface area contributed by atoms with Crippen molar-refractivity contribution in [1.82, 2.24) is 19.9 Å². The van der Waals surface area contributed by atoms with E-state index in [1.165, 1.54) is 0 Å². The van der Waals surface area contributed by atoms with E-state index in [1.54, 1.807) is 22.9 Å². The maximum Gasteiger partial charge on any atom is 0.323 e. The van der Waals surface area contributed by atoms with E-state index in [9.17, 15) is 4.79 Å². The Morgan fingerprint density at radius 1 is 1.38 bits per heavy atom. The Morgan fingerprint density at radius 2 is 2.19 bits per heavy atom. The second kappa shape index (κ2) is 6.19. The van der Waals surface area contributed by atoms with E-state index in [0.717, 1.165) is 29.9 Å². The molecule has 8 heteroatoms. The molecule has 0 spiro atoms. The molecule has 1 aromatic heterocycles. The molecule has 138 valence electrons. The minimum absolute atomic E-state index is 0.186. The van der Waals surface area contributed by atoms with Crippen molar-refractivity contribution in [3.8, 4) is 11.5 Å². The molecule has 1 N–H and O–H groups in total. The van der Waals surface area contributed by atoms with Gasteiger partial charge in [-0.25, -0.2) is 9.48 Å². The van der Waals surface area contributed by atoms with Gasteiger partial charge in [0.1, 0.15) is 17.1 Å². The lowest BCUT2D eigenvalue weighted by Crippen LogP contribution is -2.45. The van der Waals surface area contributed by atoms with Gasteiger partial charge >= 0.3 is 6.03 Å². The zero-order chi connectivity index (χ0) is 18.3. The third-order valence-electron chi connectivity index (χ3n) is 4.58. The summed E-state index contributed by atoms with van der Waals surface area (Å²) in [6.07, 6.45) is 3.74. The number of fused-ring (bicyclic) bond motifs is 1. The van der Waals surface area contributed by atoms with Gasteiger partial charge in [0.25, 0.3) is 0 Å². The summed E-state index contributed by atoms with van der Waals surface area (Å²) < 4.78 is 13.2. The number of amides is 2. The van der Waals surface area contributed by atoms with Crippen molar-refractivity contribution in [2.45, 2.75) is 44.9 Å². The van der Waals surface area contributed by atoms with E-state index in [-0.39, 0.29) is 6.03 Å². The van der Waals surface area contributed by atoms with Crippen LogP contribution >= 0.6 is 0 Å². The van der Waals surface area contributed by atoms with Crippen molar-refractivity contribution < 1.29 is 14.3 Å². The van der Waals surface area contributed by atoms with Crippen molar-refractivity contribution in [3.05, 3.63) is 30.0 Å². The number of hydrogen-bond acceptors (Lipinski definition) is 5. The average molecular weight is 357 g/mol. The molecule has 1 aliphatic carbocycles. The van der Waals surface area contributed by atoms with Crippen LogP contribution < -0.4 is 14.8 Å². The SMILES string of the molecule is COc1ccc2c(c1)OC(C)(C)CN(C(=O)Nc1cnnn1C1CC1)C2. The Hall–Kier alpha value is -2.77. The van der Waals surface area contributed by atoms with E-state index >= 15 is 0 Å². The number of rotatable bonds is 3. The van der Waals surface area contributed by atoms with Crippen LogP contribution in [0.2, 0.25) is 0 Å². The summed E-state index contributed by atoms with van der Waals surface area (Å²) in [5.74, 6) is 2.11. The topological polar surface area (TPSA) is 81.5 Å². The molecular formula is C18H23N5O3. The predicted octanol–water partition coefficient (Wildman–Crippen LogP) is 2.83. The van der Waals surface area contributed by atoms with Gasteiger partial charge in [0, 0.05) is 11.6 Å². The molecule has 0 unspecified atom stereocenters. The van der Waals surface area contributed by atoms with Crippen LogP contribution in [0.4, 0.5) is 10.6 Å². The normalized spacial score (nSPS) is 18.5. The second-order valence-electron chi connectivity index (χ2n) is 7.42. The Bertz CT molecular complexity index is 828. The van der Waals surface area contributed by atoms with Crippen molar-refractivity contribution in [2.24, 2.45) is 0 Å². The standard InChI is InChI=1S/C18H23N5O3/c1-18(2)11-22(10-12-4-7-14(25-3)8-15(12)26-18)17(24)20-16-9-19-21-23(16)13-5-6-13/h4,7-9,13H,5-6,10-11H2,1-3H3,(H,20,24). The van der Waals surface area contributed by atoms with Gasteiger partial charge in [0.2, 0.25) is 0 Å². The van der Waals surface area contributed by atoms with Crippen LogP contribution in [-0.2, 0) is 6.54 Å². The van der Waals surface area contributed by atoms with E-state index in [1.807, 2.05) is 32.0 Å². The zero-order valence-electron chi connectivity index (χ0n) is 15.2. The number of carbonyl (C=O) groups excluding carboxylic acids is 1. The fraction of sp³-hybridized carbons (Fsp3) is 0.500. The molecule has 2 amide bonds. The Labute approximate surface area is 152 Å². The Balaban J connectivity index is 1.56. The predicted molar refractivity (Wildman–Crippen MR) is 95.4 cm³/mol. The van der Waals surface area contributed by atoms with Gasteiger partial charge in [-0.2, -0.15) is 0 Å². The molecule has 1 fully saturated rings. The fourth-order valence-corrected chi connectivity index (χ4v) is 3.19. The van der Waals surface area contributed by atoms with E-state index in [2.05, 4.69) is 15.6 Å². The molecule has 0 atom stereocenters. The summed E-state index contributed by atoms with van der Waals surface area (Å²) in [5, 5.41) is 10.9. The first-order chi connectivity index (χ1) is 12.4. The summed E-state index contributed by atoms with van der Waals surface area (Å²) in [7, 11) is 1.63. The molecule has 26 heavy (non-hydrogen) atoms. The van der Waals surface area contributed by atoms with Crippen LogP contribution in [0.5, 0.6) is 11.5 Å². The molecule has 1 aliphatic heterocycles. The number of methoxy groups -OCH3 is 1. The molecular weight excluding hydrogens is 334 g/mol. The van der Waals surface area contributed by atoms with E-state index in [4.69, 9.17) is 9.47 Å². The van der Waals surface area contributed by atoms with Crippen molar-refractivity contribution in [1.29, 1.82) is 0 Å². The molecule has 2 aromatic rings. The lowest BCUT2D eigenvalue weighted by atomic mass is 10.1. The molecule has 2 aliphatic rings. The van der Waals surface area contributed by atoms with Crippen molar-refractivity contribution in [2.75, 3.05) is 19.0 Å². The Kier molecular flexibility index (Phi) is 3.97. The third kappa shape index (κ3) is 3.31. The van der Waals surface area contributed by atoms with Crippen LogP contribution in [0.3, 0.4) is 0 Å². The largest absolute Gasteiger partial charge is 0.497 e. The van der Waals surface area contributed by atoms with Crippen LogP contribution in [0, 0.1) is 0 Å². The van der Waals surface area contributed by atoms with Crippen molar-refractivity contribution >= 4 is 11.8 Å². The third-order valence-corrected chi connectivity index (χ3v) is 4.58. The average Bonchev–Trinajstić information content (AvgIpc) is 3.36. The number of nitrogens with zero attached hydrogens (tertiary/aromatic N) is 4. The Morgan fingerprint density at radius 3 is 2.92 bits per heavy atom. The number of hydrogen-bond donors (Lipinski definition) is 1. The maximum absolute atomic E-state index is 12.9. The molecule has 0 bridgehead atoms. The molecule has 8 nitrogen and oxygen atoms in total.